The van der Waals surface area contributed by atoms with E-state index in [1.54, 1.807) is 26.1 Å². The molecule has 0 spiro atoms. The molecule has 0 saturated carbocycles. The Labute approximate surface area is 117 Å². The van der Waals surface area contributed by atoms with Gasteiger partial charge in [-0.3, -0.25) is 4.79 Å². The molecule has 0 fully saturated rings. The number of ether oxygens (including phenoxy) is 1. The number of nitrogens with two attached hydrogens (primary N) is 1. The number of hydrogen-bond acceptors (Lipinski definition) is 5. The van der Waals surface area contributed by atoms with E-state index >= 15 is 0 Å². The minimum absolute atomic E-state index is 0.0412. The number of oxime groups is 1. The molecule has 1 amide bonds. The summed E-state index contributed by atoms with van der Waals surface area (Å²) in [7, 11) is 2.98. The Bertz CT molecular complexity index is 516. The van der Waals surface area contributed by atoms with Gasteiger partial charge in [0.1, 0.15) is 5.84 Å². The van der Waals surface area contributed by atoms with Crippen molar-refractivity contribution in [2.75, 3.05) is 20.7 Å². The molecule has 1 atom stereocenters. The number of amidine groups is 1. The molecule has 20 heavy (non-hydrogen) atoms. The largest absolute Gasteiger partial charge is 0.504 e. The molecule has 0 radical (unpaired) electrons. The molecular formula is C13H19N3O4. The summed E-state index contributed by atoms with van der Waals surface area (Å²) >= 11 is 0. The lowest BCUT2D eigenvalue weighted by atomic mass is 10.1. The van der Waals surface area contributed by atoms with Gasteiger partial charge in [-0.2, -0.15) is 0 Å². The zero-order chi connectivity index (χ0) is 15.3. The van der Waals surface area contributed by atoms with Crippen LogP contribution >= 0.6 is 0 Å². The third kappa shape index (κ3) is 3.31. The Kier molecular flexibility index (Phi) is 5.19. The van der Waals surface area contributed by atoms with Crippen molar-refractivity contribution in [3.63, 3.8) is 0 Å². The number of benzene rings is 1. The first-order chi connectivity index (χ1) is 9.42. The van der Waals surface area contributed by atoms with Crippen molar-refractivity contribution in [1.82, 2.24) is 4.90 Å². The number of amides is 1. The molecule has 0 aliphatic carbocycles. The Morgan fingerprint density at radius 2 is 2.20 bits per heavy atom. The molecule has 0 aliphatic heterocycles. The number of phenolic OH excluding ortho intramolecular Hbond substituents is 1. The lowest BCUT2D eigenvalue weighted by Crippen LogP contribution is -2.36. The summed E-state index contributed by atoms with van der Waals surface area (Å²) in [5.74, 6) is -0.614. The molecule has 7 nitrogen and oxygen atoms in total. The number of aromatic hydroxyl groups is 1. The Morgan fingerprint density at radius 3 is 2.75 bits per heavy atom. The van der Waals surface area contributed by atoms with Crippen molar-refractivity contribution in [3.8, 4) is 11.5 Å². The smallest absolute Gasteiger partial charge is 0.257 e. The highest BCUT2D eigenvalue weighted by atomic mass is 16.5. The highest BCUT2D eigenvalue weighted by Crippen LogP contribution is 2.30. The Hall–Kier alpha value is -2.44. The fourth-order valence-corrected chi connectivity index (χ4v) is 1.75. The first-order valence-corrected chi connectivity index (χ1v) is 6.01. The number of phenols is 1. The van der Waals surface area contributed by atoms with Gasteiger partial charge < -0.3 is 25.7 Å². The average molecular weight is 281 g/mol. The van der Waals surface area contributed by atoms with Crippen LogP contribution in [-0.4, -0.2) is 47.7 Å². The summed E-state index contributed by atoms with van der Waals surface area (Å²) < 4.78 is 4.96. The van der Waals surface area contributed by atoms with Crippen LogP contribution in [0.3, 0.4) is 0 Å². The Morgan fingerprint density at radius 1 is 1.55 bits per heavy atom. The van der Waals surface area contributed by atoms with Crippen molar-refractivity contribution >= 4 is 11.7 Å². The molecule has 1 rings (SSSR count). The van der Waals surface area contributed by atoms with Crippen LogP contribution in [0.1, 0.15) is 17.3 Å². The van der Waals surface area contributed by atoms with Gasteiger partial charge >= 0.3 is 0 Å². The lowest BCUT2D eigenvalue weighted by molar-refractivity contribution is 0.0782. The van der Waals surface area contributed by atoms with Gasteiger partial charge in [0.05, 0.1) is 12.7 Å². The maximum Gasteiger partial charge on any atom is 0.257 e. The molecule has 0 aromatic heterocycles. The van der Waals surface area contributed by atoms with Crippen LogP contribution in [0.5, 0.6) is 11.5 Å². The SMILES string of the molecule is COc1cccc(C(=O)N(C)CC(C)C(N)=NO)c1O. The van der Waals surface area contributed by atoms with Crippen molar-refractivity contribution < 1.29 is 19.8 Å². The molecule has 0 bridgehead atoms. The number of hydrogen-bond donors (Lipinski definition) is 3. The lowest BCUT2D eigenvalue weighted by Gasteiger charge is -2.21. The fourth-order valence-electron chi connectivity index (χ4n) is 1.75. The van der Waals surface area contributed by atoms with Gasteiger partial charge in [0.25, 0.3) is 5.91 Å². The number of rotatable bonds is 5. The normalized spacial score (nSPS) is 12.8. The monoisotopic (exact) mass is 281 g/mol. The van der Waals surface area contributed by atoms with Crippen LogP contribution in [0.4, 0.5) is 0 Å². The average Bonchev–Trinajstić information content (AvgIpc) is 2.45. The third-order valence-electron chi connectivity index (χ3n) is 2.96. The molecule has 0 aliphatic rings. The highest BCUT2D eigenvalue weighted by Gasteiger charge is 2.20. The first kappa shape index (κ1) is 15.6. The van der Waals surface area contributed by atoms with Gasteiger partial charge in [0.15, 0.2) is 11.5 Å². The van der Waals surface area contributed by atoms with E-state index in [1.165, 1.54) is 18.1 Å². The van der Waals surface area contributed by atoms with Gasteiger partial charge in [0, 0.05) is 19.5 Å². The summed E-state index contributed by atoms with van der Waals surface area (Å²) in [6.07, 6.45) is 0. The maximum atomic E-state index is 12.2. The summed E-state index contributed by atoms with van der Waals surface area (Å²) in [6.45, 7) is 1.98. The van der Waals surface area contributed by atoms with Crippen LogP contribution in [0.15, 0.2) is 23.4 Å². The second kappa shape index (κ2) is 6.65. The summed E-state index contributed by atoms with van der Waals surface area (Å²) in [5.41, 5.74) is 5.61. The van der Waals surface area contributed by atoms with Gasteiger partial charge in [-0.15, -0.1) is 0 Å². The van der Waals surface area contributed by atoms with Crippen LogP contribution in [-0.2, 0) is 0 Å². The summed E-state index contributed by atoms with van der Waals surface area (Å²) in [5, 5.41) is 21.4. The van der Waals surface area contributed by atoms with Crippen LogP contribution < -0.4 is 10.5 Å². The second-order valence-corrected chi connectivity index (χ2v) is 4.47. The molecule has 1 aromatic rings. The van der Waals surface area contributed by atoms with Gasteiger partial charge in [-0.05, 0) is 12.1 Å². The molecule has 0 saturated heterocycles. The van der Waals surface area contributed by atoms with Crippen LogP contribution in [0.2, 0.25) is 0 Å². The van der Waals surface area contributed by atoms with Gasteiger partial charge in [-0.25, -0.2) is 0 Å². The van der Waals surface area contributed by atoms with Crippen LogP contribution in [0, 0.1) is 5.92 Å². The zero-order valence-corrected chi connectivity index (χ0v) is 11.7. The highest BCUT2D eigenvalue weighted by molar-refractivity contribution is 5.97. The quantitative estimate of drug-likeness (QED) is 0.321. The van der Waals surface area contributed by atoms with E-state index in [9.17, 15) is 9.90 Å². The van der Waals surface area contributed by atoms with E-state index in [0.717, 1.165) is 0 Å². The zero-order valence-electron chi connectivity index (χ0n) is 11.7. The number of carbonyl (C=O) groups excluding carboxylic acids is 1. The number of nitrogens with zero attached hydrogens (tertiary/aromatic N) is 2. The third-order valence-corrected chi connectivity index (χ3v) is 2.96. The molecule has 110 valence electrons. The van der Waals surface area contributed by atoms with E-state index < -0.39 is 0 Å². The minimum Gasteiger partial charge on any atom is -0.504 e. The molecule has 4 N–H and O–H groups in total. The van der Waals surface area contributed by atoms with Gasteiger partial charge in [0.2, 0.25) is 0 Å². The standard InChI is InChI=1S/C13H19N3O4/c1-8(12(14)15-19)7-16(2)13(18)9-5-4-6-10(20-3)11(9)17/h4-6,8,17,19H,7H2,1-3H3,(H2,14,15). The second-order valence-electron chi connectivity index (χ2n) is 4.47. The van der Waals surface area contributed by atoms with Crippen molar-refractivity contribution in [3.05, 3.63) is 23.8 Å². The van der Waals surface area contributed by atoms with E-state index in [1.807, 2.05) is 0 Å². The number of carbonyl (C=O) groups is 1. The van der Waals surface area contributed by atoms with Crippen molar-refractivity contribution in [1.29, 1.82) is 0 Å². The molecule has 7 heteroatoms. The van der Waals surface area contributed by atoms with E-state index in [2.05, 4.69) is 5.16 Å². The summed E-state index contributed by atoms with van der Waals surface area (Å²) in [6, 6.07) is 4.68. The van der Waals surface area contributed by atoms with E-state index in [0.29, 0.717) is 0 Å². The molecule has 1 aromatic carbocycles. The summed E-state index contributed by atoms with van der Waals surface area (Å²) in [4.78, 5) is 13.6. The van der Waals surface area contributed by atoms with Gasteiger partial charge in [-0.1, -0.05) is 18.1 Å². The molecular weight excluding hydrogens is 262 g/mol. The fraction of sp³-hybridized carbons (Fsp3) is 0.385. The van der Waals surface area contributed by atoms with E-state index in [-0.39, 0.29) is 41.3 Å². The van der Waals surface area contributed by atoms with Crippen molar-refractivity contribution in [2.24, 2.45) is 16.8 Å². The number of para-hydroxylation sites is 1. The first-order valence-electron chi connectivity index (χ1n) is 6.01. The maximum absolute atomic E-state index is 12.2. The predicted octanol–water partition coefficient (Wildman–Crippen LogP) is 0.855. The number of methoxy groups -OCH3 is 1. The topological polar surface area (TPSA) is 108 Å². The molecule has 0 heterocycles. The molecule has 1 unspecified atom stereocenters. The van der Waals surface area contributed by atoms with E-state index in [4.69, 9.17) is 15.7 Å². The predicted molar refractivity (Wildman–Crippen MR) is 74.2 cm³/mol. The van der Waals surface area contributed by atoms with Crippen molar-refractivity contribution in [2.45, 2.75) is 6.92 Å². The Balaban J connectivity index is 2.90. The minimum atomic E-state index is -0.376. The van der Waals surface area contributed by atoms with Crippen LogP contribution in [0.25, 0.3) is 0 Å².